The van der Waals surface area contributed by atoms with Crippen LogP contribution < -0.4 is 20.1 Å². The second-order valence-electron chi connectivity index (χ2n) is 5.95. The molecule has 0 saturated carbocycles. The standard InChI is InChI=1S/C20H17N3O6S/c1-27-14-6-7-15(18(11-14)28-2)21-20(30)22-19(24)17-9-8-16(29-17)12-4-3-5-13(10-12)23(25)26/h3-11H,1-2H3,(H2,21,22,24,30). The minimum Gasteiger partial charge on any atom is -0.497 e. The molecule has 0 saturated heterocycles. The molecule has 0 aliphatic carbocycles. The van der Waals surface area contributed by atoms with Crippen LogP contribution in [0.2, 0.25) is 0 Å². The molecule has 0 unspecified atom stereocenters. The number of non-ortho nitro benzene ring substituents is 1. The number of nitrogens with one attached hydrogen (secondary N) is 2. The highest BCUT2D eigenvalue weighted by molar-refractivity contribution is 7.80. The molecule has 10 heteroatoms. The highest BCUT2D eigenvalue weighted by Gasteiger charge is 2.16. The zero-order chi connectivity index (χ0) is 21.7. The third-order valence-corrected chi connectivity index (χ3v) is 4.26. The number of amides is 1. The van der Waals surface area contributed by atoms with Gasteiger partial charge in [-0.25, -0.2) is 0 Å². The minimum absolute atomic E-state index is 0.00218. The van der Waals surface area contributed by atoms with E-state index in [0.29, 0.717) is 28.5 Å². The van der Waals surface area contributed by atoms with Crippen molar-refractivity contribution in [2.45, 2.75) is 0 Å². The van der Waals surface area contributed by atoms with Crippen molar-refractivity contribution >= 4 is 34.6 Å². The SMILES string of the molecule is COc1ccc(NC(=S)NC(=O)c2ccc(-c3cccc([N+](=O)[O-])c3)o2)c(OC)c1. The molecule has 0 aliphatic rings. The van der Waals surface area contributed by atoms with Gasteiger partial charge in [-0.15, -0.1) is 0 Å². The molecular weight excluding hydrogens is 410 g/mol. The number of benzene rings is 2. The first kappa shape index (κ1) is 20.8. The molecule has 1 heterocycles. The van der Waals surface area contributed by atoms with Crippen LogP contribution in [0, 0.1) is 10.1 Å². The van der Waals surface area contributed by atoms with Gasteiger partial charge in [-0.1, -0.05) is 12.1 Å². The van der Waals surface area contributed by atoms with Gasteiger partial charge in [0.2, 0.25) is 0 Å². The Bertz CT molecular complexity index is 1110. The predicted molar refractivity (Wildman–Crippen MR) is 114 cm³/mol. The van der Waals surface area contributed by atoms with E-state index in [0.717, 1.165) is 0 Å². The Morgan fingerprint density at radius 1 is 1.10 bits per heavy atom. The number of carbonyl (C=O) groups excluding carboxylic acids is 1. The first-order valence-electron chi connectivity index (χ1n) is 8.60. The number of carbonyl (C=O) groups is 1. The van der Waals surface area contributed by atoms with E-state index in [-0.39, 0.29) is 16.6 Å². The largest absolute Gasteiger partial charge is 0.497 e. The lowest BCUT2D eigenvalue weighted by atomic mass is 10.1. The van der Waals surface area contributed by atoms with E-state index < -0.39 is 10.8 Å². The van der Waals surface area contributed by atoms with Crippen molar-refractivity contribution in [3.05, 3.63) is 70.5 Å². The zero-order valence-electron chi connectivity index (χ0n) is 16.0. The van der Waals surface area contributed by atoms with Crippen LogP contribution in [-0.2, 0) is 0 Å². The molecule has 2 aromatic carbocycles. The molecule has 30 heavy (non-hydrogen) atoms. The van der Waals surface area contributed by atoms with E-state index in [2.05, 4.69) is 10.6 Å². The molecule has 3 aromatic rings. The summed E-state index contributed by atoms with van der Waals surface area (Å²) in [6, 6.07) is 14.0. The summed E-state index contributed by atoms with van der Waals surface area (Å²) in [6.07, 6.45) is 0. The van der Waals surface area contributed by atoms with Crippen LogP contribution in [0.15, 0.2) is 59.0 Å². The number of nitrogens with zero attached hydrogens (tertiary/aromatic N) is 1. The molecule has 1 amide bonds. The lowest BCUT2D eigenvalue weighted by Gasteiger charge is -2.13. The normalized spacial score (nSPS) is 10.2. The summed E-state index contributed by atoms with van der Waals surface area (Å²) in [5.74, 6) is 0.840. The van der Waals surface area contributed by atoms with E-state index >= 15 is 0 Å². The van der Waals surface area contributed by atoms with E-state index in [9.17, 15) is 14.9 Å². The number of rotatable bonds is 6. The van der Waals surface area contributed by atoms with E-state index in [1.165, 1.54) is 38.5 Å². The lowest BCUT2D eigenvalue weighted by molar-refractivity contribution is -0.384. The average molecular weight is 427 g/mol. The Hall–Kier alpha value is -3.92. The molecular formula is C20H17N3O6S. The van der Waals surface area contributed by atoms with Crippen LogP contribution in [0.3, 0.4) is 0 Å². The van der Waals surface area contributed by atoms with Crippen molar-refractivity contribution in [1.29, 1.82) is 0 Å². The second-order valence-corrected chi connectivity index (χ2v) is 6.35. The van der Waals surface area contributed by atoms with Crippen molar-refractivity contribution in [2.24, 2.45) is 0 Å². The van der Waals surface area contributed by atoms with Crippen LogP contribution in [0.4, 0.5) is 11.4 Å². The van der Waals surface area contributed by atoms with Gasteiger partial charge < -0.3 is 19.2 Å². The number of furan rings is 1. The van der Waals surface area contributed by atoms with Crippen molar-refractivity contribution < 1.29 is 23.6 Å². The number of nitro groups is 1. The van der Waals surface area contributed by atoms with Crippen molar-refractivity contribution in [2.75, 3.05) is 19.5 Å². The van der Waals surface area contributed by atoms with Gasteiger partial charge in [-0.05, 0) is 36.5 Å². The summed E-state index contributed by atoms with van der Waals surface area (Å²) >= 11 is 5.18. The van der Waals surface area contributed by atoms with E-state index in [1.807, 2.05) is 0 Å². The number of anilines is 1. The topological polar surface area (TPSA) is 116 Å². The highest BCUT2D eigenvalue weighted by Crippen LogP contribution is 2.29. The lowest BCUT2D eigenvalue weighted by Crippen LogP contribution is -2.34. The van der Waals surface area contributed by atoms with Gasteiger partial charge in [0.05, 0.1) is 24.8 Å². The molecule has 0 aliphatic heterocycles. The molecule has 1 aromatic heterocycles. The number of hydrogen-bond acceptors (Lipinski definition) is 7. The molecule has 154 valence electrons. The fraction of sp³-hybridized carbons (Fsp3) is 0.100. The molecule has 9 nitrogen and oxygen atoms in total. The Morgan fingerprint density at radius 3 is 2.60 bits per heavy atom. The Labute approximate surface area is 176 Å². The number of methoxy groups -OCH3 is 2. The fourth-order valence-corrected chi connectivity index (χ4v) is 2.81. The van der Waals surface area contributed by atoms with Crippen LogP contribution in [-0.4, -0.2) is 30.2 Å². The first-order chi connectivity index (χ1) is 14.4. The molecule has 2 N–H and O–H groups in total. The Balaban J connectivity index is 1.69. The van der Waals surface area contributed by atoms with Gasteiger partial charge >= 0.3 is 0 Å². The van der Waals surface area contributed by atoms with Gasteiger partial charge in [0.25, 0.3) is 11.6 Å². The van der Waals surface area contributed by atoms with Gasteiger partial charge in [0.1, 0.15) is 17.3 Å². The summed E-state index contributed by atoms with van der Waals surface area (Å²) in [5, 5.41) is 16.3. The fourth-order valence-electron chi connectivity index (χ4n) is 2.61. The first-order valence-corrected chi connectivity index (χ1v) is 9.01. The molecule has 0 bridgehead atoms. The van der Waals surface area contributed by atoms with Gasteiger partial charge in [0.15, 0.2) is 10.9 Å². The molecule has 3 rings (SSSR count). The maximum atomic E-state index is 12.4. The Kier molecular flexibility index (Phi) is 6.28. The number of hydrogen-bond donors (Lipinski definition) is 2. The Morgan fingerprint density at radius 2 is 1.90 bits per heavy atom. The molecule has 0 radical (unpaired) electrons. The van der Waals surface area contributed by atoms with Crippen molar-refractivity contribution in [1.82, 2.24) is 5.32 Å². The van der Waals surface area contributed by atoms with Gasteiger partial charge in [-0.2, -0.15) is 0 Å². The summed E-state index contributed by atoms with van der Waals surface area (Å²) in [6.45, 7) is 0. The maximum Gasteiger partial charge on any atom is 0.293 e. The van der Waals surface area contributed by atoms with Crippen LogP contribution in [0.5, 0.6) is 11.5 Å². The molecule has 0 spiro atoms. The smallest absolute Gasteiger partial charge is 0.293 e. The van der Waals surface area contributed by atoms with E-state index in [4.69, 9.17) is 26.1 Å². The quantitative estimate of drug-likeness (QED) is 0.345. The maximum absolute atomic E-state index is 12.4. The van der Waals surface area contributed by atoms with Crippen molar-refractivity contribution in [3.8, 4) is 22.8 Å². The monoisotopic (exact) mass is 427 g/mol. The second kappa shape index (κ2) is 9.05. The molecule has 0 atom stereocenters. The summed E-state index contributed by atoms with van der Waals surface area (Å²) < 4.78 is 15.9. The van der Waals surface area contributed by atoms with E-state index in [1.54, 1.807) is 30.3 Å². The number of ether oxygens (including phenoxy) is 2. The summed E-state index contributed by atoms with van der Waals surface area (Å²) in [5.41, 5.74) is 0.945. The van der Waals surface area contributed by atoms with Gasteiger partial charge in [0, 0.05) is 23.8 Å². The number of nitro benzene ring substituents is 1. The van der Waals surface area contributed by atoms with Gasteiger partial charge in [-0.3, -0.25) is 20.2 Å². The third kappa shape index (κ3) is 4.73. The zero-order valence-corrected chi connectivity index (χ0v) is 16.8. The molecule has 0 fully saturated rings. The minimum atomic E-state index is -0.573. The average Bonchev–Trinajstić information content (AvgIpc) is 3.24. The number of thiocarbonyl (C=S) groups is 1. The highest BCUT2D eigenvalue weighted by atomic mass is 32.1. The van der Waals surface area contributed by atoms with Crippen LogP contribution >= 0.6 is 12.2 Å². The summed E-state index contributed by atoms with van der Waals surface area (Å²) in [4.78, 5) is 22.9. The summed E-state index contributed by atoms with van der Waals surface area (Å²) in [7, 11) is 3.04. The van der Waals surface area contributed by atoms with Crippen molar-refractivity contribution in [3.63, 3.8) is 0 Å². The third-order valence-electron chi connectivity index (χ3n) is 4.06. The predicted octanol–water partition coefficient (Wildman–Crippen LogP) is 4.00. The van der Waals surface area contributed by atoms with Crippen LogP contribution in [0.1, 0.15) is 10.6 Å². The van der Waals surface area contributed by atoms with Crippen LogP contribution in [0.25, 0.3) is 11.3 Å².